The quantitative estimate of drug-likeness (QED) is 0.916. The van der Waals surface area contributed by atoms with Gasteiger partial charge in [0.05, 0.1) is 23.2 Å². The molecule has 1 N–H and O–H groups in total. The summed E-state index contributed by atoms with van der Waals surface area (Å²) < 4.78 is 5.35. The van der Waals surface area contributed by atoms with Crippen molar-refractivity contribution in [2.24, 2.45) is 0 Å². The van der Waals surface area contributed by atoms with Crippen LogP contribution in [0.2, 0.25) is 5.02 Å². The third-order valence-corrected chi connectivity index (χ3v) is 3.80. The number of rotatable bonds is 4. The van der Waals surface area contributed by atoms with E-state index in [-0.39, 0.29) is 5.91 Å². The predicted molar refractivity (Wildman–Crippen MR) is 86.1 cm³/mol. The Morgan fingerprint density at radius 2 is 1.71 bits per heavy atom. The van der Waals surface area contributed by atoms with E-state index in [1.165, 1.54) is 0 Å². The second-order valence-corrected chi connectivity index (χ2v) is 5.67. The van der Waals surface area contributed by atoms with Crippen molar-refractivity contribution in [2.45, 2.75) is 19.3 Å². The number of hydrogen-bond donors (Lipinski definition) is 1. The summed E-state index contributed by atoms with van der Waals surface area (Å²) in [6, 6.07) is 14.7. The summed E-state index contributed by atoms with van der Waals surface area (Å²) in [7, 11) is 1.60. The predicted octanol–water partition coefficient (Wildman–Crippen LogP) is 4.26. The van der Waals surface area contributed by atoms with Crippen LogP contribution < -0.4 is 10.1 Å². The molecule has 110 valence electrons. The Morgan fingerprint density at radius 3 is 2.38 bits per heavy atom. The average Bonchev–Trinajstić information content (AvgIpc) is 2.49. The normalized spacial score (nSPS) is 11.0. The summed E-state index contributed by atoms with van der Waals surface area (Å²) in [5.41, 5.74) is 0.690. The third kappa shape index (κ3) is 3.19. The van der Waals surface area contributed by atoms with Gasteiger partial charge in [0.15, 0.2) is 0 Å². The largest absolute Gasteiger partial charge is 0.496 e. The molecule has 0 aliphatic heterocycles. The van der Waals surface area contributed by atoms with E-state index in [1.54, 1.807) is 19.2 Å². The van der Waals surface area contributed by atoms with E-state index in [2.05, 4.69) is 5.32 Å². The van der Waals surface area contributed by atoms with Crippen LogP contribution in [0.3, 0.4) is 0 Å². The highest BCUT2D eigenvalue weighted by Crippen LogP contribution is 2.33. The number of nitrogens with one attached hydrogen (secondary N) is 1. The highest BCUT2D eigenvalue weighted by molar-refractivity contribution is 6.33. The first-order chi connectivity index (χ1) is 9.96. The van der Waals surface area contributed by atoms with Gasteiger partial charge in [0.25, 0.3) is 0 Å². The van der Waals surface area contributed by atoms with Crippen molar-refractivity contribution in [2.75, 3.05) is 12.4 Å². The molecule has 21 heavy (non-hydrogen) atoms. The van der Waals surface area contributed by atoms with E-state index < -0.39 is 5.41 Å². The average molecular weight is 304 g/mol. The smallest absolute Gasteiger partial charge is 0.234 e. The zero-order chi connectivity index (χ0) is 15.5. The van der Waals surface area contributed by atoms with Crippen molar-refractivity contribution >= 4 is 23.2 Å². The van der Waals surface area contributed by atoms with Crippen LogP contribution in [0.15, 0.2) is 48.5 Å². The van der Waals surface area contributed by atoms with Gasteiger partial charge in [0, 0.05) is 5.56 Å². The second-order valence-electron chi connectivity index (χ2n) is 5.26. The summed E-state index contributed by atoms with van der Waals surface area (Å²) in [5, 5.41) is 3.39. The minimum Gasteiger partial charge on any atom is -0.496 e. The molecule has 0 radical (unpaired) electrons. The Morgan fingerprint density at radius 1 is 1.10 bits per heavy atom. The first-order valence-corrected chi connectivity index (χ1v) is 7.04. The van der Waals surface area contributed by atoms with Gasteiger partial charge in [-0.1, -0.05) is 41.9 Å². The van der Waals surface area contributed by atoms with Gasteiger partial charge >= 0.3 is 0 Å². The van der Waals surface area contributed by atoms with Crippen molar-refractivity contribution in [3.05, 3.63) is 59.1 Å². The summed E-state index contributed by atoms with van der Waals surface area (Å²) >= 11 is 6.08. The molecule has 0 atom stereocenters. The molecular weight excluding hydrogens is 286 g/mol. The van der Waals surface area contributed by atoms with Gasteiger partial charge in [-0.2, -0.15) is 0 Å². The summed E-state index contributed by atoms with van der Waals surface area (Å²) in [6.07, 6.45) is 0. The molecule has 4 heteroatoms. The molecule has 0 aliphatic rings. The SMILES string of the molecule is COc1ccccc1C(C)(C)C(=O)Nc1ccccc1Cl. The Labute approximate surface area is 129 Å². The van der Waals surface area contributed by atoms with Crippen LogP contribution in [0.5, 0.6) is 5.75 Å². The Bertz CT molecular complexity index is 653. The van der Waals surface area contributed by atoms with Crippen molar-refractivity contribution < 1.29 is 9.53 Å². The first kappa shape index (κ1) is 15.4. The van der Waals surface area contributed by atoms with E-state index in [0.29, 0.717) is 16.5 Å². The minimum absolute atomic E-state index is 0.139. The molecule has 0 bridgehead atoms. The zero-order valence-corrected chi connectivity index (χ0v) is 13.1. The number of methoxy groups -OCH3 is 1. The number of benzene rings is 2. The Balaban J connectivity index is 2.31. The van der Waals surface area contributed by atoms with E-state index in [1.807, 2.05) is 50.2 Å². The molecule has 2 aromatic rings. The van der Waals surface area contributed by atoms with Gasteiger partial charge in [-0.3, -0.25) is 4.79 Å². The van der Waals surface area contributed by atoms with Crippen molar-refractivity contribution in [1.29, 1.82) is 0 Å². The lowest BCUT2D eigenvalue weighted by molar-refractivity contribution is -0.120. The molecule has 0 unspecified atom stereocenters. The van der Waals surface area contributed by atoms with Gasteiger partial charge in [-0.05, 0) is 32.0 Å². The third-order valence-electron chi connectivity index (χ3n) is 3.47. The van der Waals surface area contributed by atoms with Crippen LogP contribution in [0.4, 0.5) is 5.69 Å². The number of ether oxygens (including phenoxy) is 1. The van der Waals surface area contributed by atoms with Gasteiger partial charge in [-0.15, -0.1) is 0 Å². The van der Waals surface area contributed by atoms with Crippen molar-refractivity contribution in [3.63, 3.8) is 0 Å². The number of amides is 1. The highest BCUT2D eigenvalue weighted by Gasteiger charge is 2.32. The second kappa shape index (κ2) is 6.19. The van der Waals surface area contributed by atoms with Gasteiger partial charge < -0.3 is 10.1 Å². The fraction of sp³-hybridized carbons (Fsp3) is 0.235. The molecule has 3 nitrogen and oxygen atoms in total. The summed E-state index contributed by atoms with van der Waals surface area (Å²) in [6.45, 7) is 3.72. The van der Waals surface area contributed by atoms with Crippen LogP contribution in [0.25, 0.3) is 0 Å². The molecular formula is C17H18ClNO2. The van der Waals surface area contributed by atoms with Crippen molar-refractivity contribution in [3.8, 4) is 5.75 Å². The number of anilines is 1. The van der Waals surface area contributed by atoms with Crippen LogP contribution in [-0.4, -0.2) is 13.0 Å². The maximum atomic E-state index is 12.6. The zero-order valence-electron chi connectivity index (χ0n) is 12.3. The molecule has 0 saturated heterocycles. The highest BCUT2D eigenvalue weighted by atomic mass is 35.5. The van der Waals surface area contributed by atoms with Gasteiger partial charge in [-0.25, -0.2) is 0 Å². The minimum atomic E-state index is -0.744. The molecule has 2 rings (SSSR count). The lowest BCUT2D eigenvalue weighted by atomic mass is 9.83. The fourth-order valence-electron chi connectivity index (χ4n) is 2.12. The van der Waals surface area contributed by atoms with Crippen LogP contribution in [0, 0.1) is 0 Å². The lowest BCUT2D eigenvalue weighted by Gasteiger charge is -2.26. The van der Waals surface area contributed by atoms with E-state index in [4.69, 9.17) is 16.3 Å². The molecule has 2 aromatic carbocycles. The Kier molecular flexibility index (Phi) is 4.53. The number of carbonyl (C=O) groups excluding carboxylic acids is 1. The van der Waals surface area contributed by atoms with E-state index in [9.17, 15) is 4.79 Å². The van der Waals surface area contributed by atoms with Crippen molar-refractivity contribution in [1.82, 2.24) is 0 Å². The molecule has 0 heterocycles. The summed E-state index contributed by atoms with van der Waals surface area (Å²) in [4.78, 5) is 12.6. The lowest BCUT2D eigenvalue weighted by Crippen LogP contribution is -2.35. The maximum Gasteiger partial charge on any atom is 0.234 e. The molecule has 1 amide bonds. The van der Waals surface area contributed by atoms with Gasteiger partial charge in [0.2, 0.25) is 5.91 Å². The molecule has 0 saturated carbocycles. The summed E-state index contributed by atoms with van der Waals surface area (Å²) in [5.74, 6) is 0.553. The monoisotopic (exact) mass is 303 g/mol. The number of para-hydroxylation sites is 2. The topological polar surface area (TPSA) is 38.3 Å². The molecule has 0 aromatic heterocycles. The maximum absolute atomic E-state index is 12.6. The molecule has 0 spiro atoms. The number of carbonyl (C=O) groups is 1. The molecule has 0 fully saturated rings. The van der Waals surface area contributed by atoms with Crippen LogP contribution in [0.1, 0.15) is 19.4 Å². The standard InChI is InChI=1S/C17H18ClNO2/c1-17(2,12-8-4-7-11-15(12)21-3)16(20)19-14-10-6-5-9-13(14)18/h4-11H,1-3H3,(H,19,20). The fourth-order valence-corrected chi connectivity index (χ4v) is 2.31. The number of halogens is 1. The van der Waals surface area contributed by atoms with Crippen LogP contribution in [-0.2, 0) is 10.2 Å². The Hall–Kier alpha value is -2.00. The molecule has 0 aliphatic carbocycles. The van der Waals surface area contributed by atoms with Crippen LogP contribution >= 0.6 is 11.6 Å². The first-order valence-electron chi connectivity index (χ1n) is 6.66. The van der Waals surface area contributed by atoms with Gasteiger partial charge in [0.1, 0.15) is 5.75 Å². The van der Waals surface area contributed by atoms with E-state index in [0.717, 1.165) is 5.56 Å². The number of hydrogen-bond acceptors (Lipinski definition) is 2. The van der Waals surface area contributed by atoms with E-state index >= 15 is 0 Å².